The van der Waals surface area contributed by atoms with Crippen molar-refractivity contribution in [1.29, 1.82) is 0 Å². The third-order valence-corrected chi connectivity index (χ3v) is 3.20. The molecule has 0 spiro atoms. The minimum Gasteiger partial charge on any atom is -0.353 e. The van der Waals surface area contributed by atoms with Gasteiger partial charge in [-0.2, -0.15) is 10.1 Å². The van der Waals surface area contributed by atoms with E-state index < -0.39 is 0 Å². The monoisotopic (exact) mass is 285 g/mol. The number of hydrogen-bond donors (Lipinski definition) is 2. The van der Waals surface area contributed by atoms with E-state index in [-0.39, 0.29) is 23.0 Å². The molecular formula is C10H12ClN5OS. The van der Waals surface area contributed by atoms with Gasteiger partial charge in [0.1, 0.15) is 5.03 Å². The standard InChI is InChI=1S/C10H12ClN5OS/c1-5(2)13-7(17)4-18-9-6-3-12-16-8(6)14-10(11)15-9/h3,5H,4H2,1-2H3,(H,13,17)(H,12,14,15,16). The Morgan fingerprint density at radius 2 is 2.33 bits per heavy atom. The summed E-state index contributed by atoms with van der Waals surface area (Å²) in [7, 11) is 0. The number of hydrogen-bond acceptors (Lipinski definition) is 5. The maximum absolute atomic E-state index is 11.6. The van der Waals surface area contributed by atoms with Gasteiger partial charge in [-0.15, -0.1) is 0 Å². The highest BCUT2D eigenvalue weighted by Crippen LogP contribution is 2.24. The summed E-state index contributed by atoms with van der Waals surface area (Å²) in [5.41, 5.74) is 0.571. The molecule has 2 aromatic heterocycles. The molecule has 0 aromatic carbocycles. The zero-order valence-corrected chi connectivity index (χ0v) is 11.5. The highest BCUT2D eigenvalue weighted by Gasteiger charge is 2.11. The zero-order chi connectivity index (χ0) is 13.1. The maximum atomic E-state index is 11.6. The highest BCUT2D eigenvalue weighted by molar-refractivity contribution is 8.00. The first-order valence-corrected chi connectivity index (χ1v) is 6.71. The smallest absolute Gasteiger partial charge is 0.230 e. The van der Waals surface area contributed by atoms with E-state index in [4.69, 9.17) is 11.6 Å². The van der Waals surface area contributed by atoms with Gasteiger partial charge in [-0.1, -0.05) is 11.8 Å². The Bertz CT molecular complexity index is 570. The summed E-state index contributed by atoms with van der Waals surface area (Å²) in [4.78, 5) is 19.7. The number of aromatic amines is 1. The molecule has 96 valence electrons. The van der Waals surface area contributed by atoms with Crippen LogP contribution in [0.2, 0.25) is 5.28 Å². The number of nitrogens with zero attached hydrogens (tertiary/aromatic N) is 3. The molecular weight excluding hydrogens is 274 g/mol. The highest BCUT2D eigenvalue weighted by atomic mass is 35.5. The van der Waals surface area contributed by atoms with Crippen molar-refractivity contribution >= 4 is 40.3 Å². The van der Waals surface area contributed by atoms with E-state index in [1.807, 2.05) is 13.8 Å². The fourth-order valence-electron chi connectivity index (χ4n) is 1.39. The van der Waals surface area contributed by atoms with E-state index in [0.717, 1.165) is 5.39 Å². The van der Waals surface area contributed by atoms with Crippen molar-refractivity contribution in [2.24, 2.45) is 0 Å². The summed E-state index contributed by atoms with van der Waals surface area (Å²) in [5.74, 6) is 0.243. The van der Waals surface area contributed by atoms with Crippen LogP contribution in [0.4, 0.5) is 0 Å². The van der Waals surface area contributed by atoms with Crippen molar-refractivity contribution in [3.8, 4) is 0 Å². The SMILES string of the molecule is CC(C)NC(=O)CSc1nc(Cl)nc2[nH]ncc12. The quantitative estimate of drug-likeness (QED) is 0.507. The average Bonchev–Trinajstić information content (AvgIpc) is 2.72. The number of rotatable bonds is 4. The van der Waals surface area contributed by atoms with Crippen molar-refractivity contribution in [3.05, 3.63) is 11.5 Å². The van der Waals surface area contributed by atoms with Crippen molar-refractivity contribution < 1.29 is 4.79 Å². The maximum Gasteiger partial charge on any atom is 0.230 e. The molecule has 2 heterocycles. The minimum absolute atomic E-state index is 0.0404. The number of fused-ring (bicyclic) bond motifs is 1. The number of carbonyl (C=O) groups excluding carboxylic acids is 1. The molecule has 0 saturated heterocycles. The summed E-state index contributed by atoms with van der Waals surface area (Å²) < 4.78 is 0. The molecule has 0 atom stereocenters. The first kappa shape index (κ1) is 13.1. The number of H-pyrrole nitrogens is 1. The Labute approximate surface area is 113 Å². The number of carbonyl (C=O) groups is 1. The second-order valence-corrected chi connectivity index (χ2v) is 5.24. The molecule has 2 N–H and O–H groups in total. The first-order chi connectivity index (χ1) is 8.56. The molecule has 2 aromatic rings. The summed E-state index contributed by atoms with van der Waals surface area (Å²) in [6.45, 7) is 3.83. The van der Waals surface area contributed by atoms with Crippen LogP contribution < -0.4 is 5.32 Å². The van der Waals surface area contributed by atoms with Gasteiger partial charge in [-0.3, -0.25) is 9.89 Å². The van der Waals surface area contributed by atoms with Crippen molar-refractivity contribution in [2.75, 3.05) is 5.75 Å². The van der Waals surface area contributed by atoms with Crippen LogP contribution in [0.1, 0.15) is 13.8 Å². The fraction of sp³-hybridized carbons (Fsp3) is 0.400. The van der Waals surface area contributed by atoms with E-state index in [2.05, 4.69) is 25.5 Å². The second-order valence-electron chi connectivity index (χ2n) is 3.94. The molecule has 0 bridgehead atoms. The fourth-order valence-corrected chi connectivity index (χ4v) is 2.42. The van der Waals surface area contributed by atoms with Gasteiger partial charge in [0.25, 0.3) is 0 Å². The van der Waals surface area contributed by atoms with Crippen LogP contribution in [-0.2, 0) is 4.79 Å². The van der Waals surface area contributed by atoms with Gasteiger partial charge in [0.2, 0.25) is 11.2 Å². The van der Waals surface area contributed by atoms with Crippen LogP contribution in [0.25, 0.3) is 11.0 Å². The van der Waals surface area contributed by atoms with E-state index >= 15 is 0 Å². The molecule has 8 heteroatoms. The van der Waals surface area contributed by atoms with Crippen LogP contribution in [0.3, 0.4) is 0 Å². The molecule has 18 heavy (non-hydrogen) atoms. The number of halogens is 1. The summed E-state index contributed by atoms with van der Waals surface area (Å²) in [6, 6.07) is 0.126. The molecule has 0 aliphatic rings. The van der Waals surface area contributed by atoms with Gasteiger partial charge in [-0.25, -0.2) is 4.98 Å². The topological polar surface area (TPSA) is 83.6 Å². The lowest BCUT2D eigenvalue weighted by molar-refractivity contribution is -0.119. The molecule has 6 nitrogen and oxygen atoms in total. The van der Waals surface area contributed by atoms with Gasteiger partial charge < -0.3 is 5.32 Å². The molecule has 0 saturated carbocycles. The normalized spacial score (nSPS) is 11.1. The summed E-state index contributed by atoms with van der Waals surface area (Å²) in [5, 5.41) is 11.0. The van der Waals surface area contributed by atoms with E-state index in [1.54, 1.807) is 6.20 Å². The molecule has 0 aliphatic heterocycles. The van der Waals surface area contributed by atoms with Crippen LogP contribution in [0, 0.1) is 0 Å². The first-order valence-electron chi connectivity index (χ1n) is 5.35. The lowest BCUT2D eigenvalue weighted by Crippen LogP contribution is -2.31. The molecule has 0 unspecified atom stereocenters. The Morgan fingerprint density at radius 3 is 3.06 bits per heavy atom. The van der Waals surface area contributed by atoms with Crippen LogP contribution in [-0.4, -0.2) is 37.9 Å². The summed E-state index contributed by atoms with van der Waals surface area (Å²) >= 11 is 7.11. The molecule has 0 aliphatic carbocycles. The zero-order valence-electron chi connectivity index (χ0n) is 9.90. The predicted octanol–water partition coefficient (Wildman–Crippen LogP) is 1.62. The Balaban J connectivity index is 2.11. The van der Waals surface area contributed by atoms with Crippen LogP contribution in [0.15, 0.2) is 11.2 Å². The Kier molecular flexibility index (Phi) is 4.03. The van der Waals surface area contributed by atoms with Gasteiger partial charge >= 0.3 is 0 Å². The molecule has 2 rings (SSSR count). The van der Waals surface area contributed by atoms with E-state index in [1.165, 1.54) is 11.8 Å². The van der Waals surface area contributed by atoms with E-state index in [0.29, 0.717) is 10.7 Å². The lowest BCUT2D eigenvalue weighted by Gasteiger charge is -2.07. The van der Waals surface area contributed by atoms with Crippen molar-refractivity contribution in [3.63, 3.8) is 0 Å². The number of thioether (sulfide) groups is 1. The summed E-state index contributed by atoms with van der Waals surface area (Å²) in [6.07, 6.45) is 1.62. The predicted molar refractivity (Wildman–Crippen MR) is 70.7 cm³/mol. The Hall–Kier alpha value is -1.34. The Morgan fingerprint density at radius 1 is 1.56 bits per heavy atom. The van der Waals surface area contributed by atoms with Gasteiger partial charge in [0.15, 0.2) is 5.65 Å². The van der Waals surface area contributed by atoms with Crippen molar-refractivity contribution in [1.82, 2.24) is 25.5 Å². The number of nitrogens with one attached hydrogen (secondary N) is 2. The number of aromatic nitrogens is 4. The minimum atomic E-state index is -0.0404. The second kappa shape index (κ2) is 5.53. The number of amides is 1. The van der Waals surface area contributed by atoms with Crippen LogP contribution in [0.5, 0.6) is 0 Å². The third kappa shape index (κ3) is 3.11. The van der Waals surface area contributed by atoms with Gasteiger partial charge in [-0.05, 0) is 25.4 Å². The van der Waals surface area contributed by atoms with Crippen LogP contribution >= 0.6 is 23.4 Å². The molecule has 1 amide bonds. The largest absolute Gasteiger partial charge is 0.353 e. The average molecular weight is 286 g/mol. The van der Waals surface area contributed by atoms with Crippen molar-refractivity contribution in [2.45, 2.75) is 24.9 Å². The lowest BCUT2D eigenvalue weighted by atomic mass is 10.4. The van der Waals surface area contributed by atoms with Gasteiger partial charge in [0, 0.05) is 6.04 Å². The third-order valence-electron chi connectivity index (χ3n) is 2.04. The molecule has 0 radical (unpaired) electrons. The van der Waals surface area contributed by atoms with Gasteiger partial charge in [0.05, 0.1) is 17.3 Å². The van der Waals surface area contributed by atoms with E-state index in [9.17, 15) is 4.79 Å². The molecule has 0 fully saturated rings.